The van der Waals surface area contributed by atoms with Gasteiger partial charge >= 0.3 is 5.97 Å². The second-order valence-corrected chi connectivity index (χ2v) is 5.54. The van der Waals surface area contributed by atoms with E-state index in [1.54, 1.807) is 31.2 Å². The smallest absolute Gasteiger partial charge is 0.347 e. The Hall–Kier alpha value is -2.24. The molecule has 5 nitrogen and oxygen atoms in total. The number of aromatic hydroxyl groups is 1. The van der Waals surface area contributed by atoms with Crippen LogP contribution in [0.15, 0.2) is 48.5 Å². The van der Waals surface area contributed by atoms with E-state index in [9.17, 15) is 9.90 Å². The van der Waals surface area contributed by atoms with Gasteiger partial charge in [0.2, 0.25) is 0 Å². The highest BCUT2D eigenvalue weighted by atomic mass is 35.5. The molecular formula is C18H19ClO5. The highest BCUT2D eigenvalue weighted by molar-refractivity contribution is 6.30. The molecule has 0 heterocycles. The van der Waals surface area contributed by atoms with Gasteiger partial charge in [-0.2, -0.15) is 0 Å². The van der Waals surface area contributed by atoms with E-state index in [2.05, 4.69) is 0 Å². The maximum Gasteiger partial charge on any atom is 0.347 e. The zero-order chi connectivity index (χ0) is 17.4. The van der Waals surface area contributed by atoms with E-state index in [1.807, 2.05) is 12.1 Å². The van der Waals surface area contributed by atoms with Gasteiger partial charge in [-0.25, -0.2) is 4.79 Å². The highest BCUT2D eigenvalue weighted by Crippen LogP contribution is 2.17. The number of rotatable bonds is 8. The van der Waals surface area contributed by atoms with Crippen LogP contribution in [0.2, 0.25) is 5.02 Å². The van der Waals surface area contributed by atoms with Gasteiger partial charge in [-0.05, 0) is 48.9 Å². The first-order valence-corrected chi connectivity index (χ1v) is 7.87. The molecule has 128 valence electrons. The Morgan fingerprint density at radius 2 is 1.75 bits per heavy atom. The van der Waals surface area contributed by atoms with Crippen molar-refractivity contribution in [3.63, 3.8) is 0 Å². The summed E-state index contributed by atoms with van der Waals surface area (Å²) in [6.45, 7) is 2.47. The first kappa shape index (κ1) is 18.1. The first-order chi connectivity index (χ1) is 11.5. The maximum absolute atomic E-state index is 11.8. The van der Waals surface area contributed by atoms with Crippen molar-refractivity contribution >= 4 is 17.6 Å². The van der Waals surface area contributed by atoms with Crippen LogP contribution in [0.25, 0.3) is 0 Å². The van der Waals surface area contributed by atoms with Crippen LogP contribution < -0.4 is 4.74 Å². The van der Waals surface area contributed by atoms with Gasteiger partial charge in [0.15, 0.2) is 6.10 Å². The lowest BCUT2D eigenvalue weighted by Crippen LogP contribution is -2.27. The van der Waals surface area contributed by atoms with E-state index >= 15 is 0 Å². The predicted molar refractivity (Wildman–Crippen MR) is 90.3 cm³/mol. The minimum Gasteiger partial charge on any atom is -0.508 e. The lowest BCUT2D eigenvalue weighted by atomic mass is 10.2. The Morgan fingerprint density at radius 1 is 1.08 bits per heavy atom. The number of ether oxygens (including phenoxy) is 3. The summed E-state index contributed by atoms with van der Waals surface area (Å²) in [7, 11) is 0. The minimum absolute atomic E-state index is 0.135. The molecule has 2 rings (SSSR count). The average Bonchev–Trinajstić information content (AvgIpc) is 2.58. The number of carbonyl (C=O) groups is 1. The van der Waals surface area contributed by atoms with Crippen molar-refractivity contribution in [1.82, 2.24) is 0 Å². The summed E-state index contributed by atoms with van der Waals surface area (Å²) in [6.07, 6.45) is -0.745. The molecule has 0 aliphatic rings. The van der Waals surface area contributed by atoms with Gasteiger partial charge in [-0.1, -0.05) is 23.7 Å². The van der Waals surface area contributed by atoms with Crippen molar-refractivity contribution in [1.29, 1.82) is 0 Å². The Labute approximate surface area is 145 Å². The zero-order valence-corrected chi connectivity index (χ0v) is 14.0. The predicted octanol–water partition coefficient (Wildman–Crippen LogP) is 3.57. The van der Waals surface area contributed by atoms with Gasteiger partial charge in [-0.3, -0.25) is 0 Å². The summed E-state index contributed by atoms with van der Waals surface area (Å²) in [5.41, 5.74) is 0.995. The van der Waals surface area contributed by atoms with Crippen molar-refractivity contribution in [3.8, 4) is 11.5 Å². The normalized spacial score (nSPS) is 11.8. The van der Waals surface area contributed by atoms with Gasteiger partial charge in [-0.15, -0.1) is 0 Å². The molecule has 1 unspecified atom stereocenters. The van der Waals surface area contributed by atoms with Crippen LogP contribution in [0.4, 0.5) is 0 Å². The van der Waals surface area contributed by atoms with Crippen LogP contribution >= 0.6 is 11.6 Å². The molecule has 0 aromatic heterocycles. The average molecular weight is 351 g/mol. The van der Waals surface area contributed by atoms with Crippen LogP contribution in [0.5, 0.6) is 11.5 Å². The molecule has 0 spiro atoms. The summed E-state index contributed by atoms with van der Waals surface area (Å²) in [4.78, 5) is 11.8. The van der Waals surface area contributed by atoms with E-state index in [0.29, 0.717) is 24.0 Å². The van der Waals surface area contributed by atoms with Crippen molar-refractivity contribution in [2.24, 2.45) is 0 Å². The molecule has 2 aromatic carbocycles. The minimum atomic E-state index is -0.745. The third-order valence-electron chi connectivity index (χ3n) is 3.14. The molecule has 0 aliphatic heterocycles. The SMILES string of the molecule is CC(Oc1ccc(O)cc1)C(=O)OCCOCc1ccc(Cl)cc1. The molecule has 6 heteroatoms. The quantitative estimate of drug-likeness (QED) is 0.582. The van der Waals surface area contributed by atoms with E-state index in [-0.39, 0.29) is 12.4 Å². The van der Waals surface area contributed by atoms with E-state index < -0.39 is 12.1 Å². The van der Waals surface area contributed by atoms with E-state index in [0.717, 1.165) is 5.56 Å². The molecule has 1 N–H and O–H groups in total. The fourth-order valence-electron chi connectivity index (χ4n) is 1.87. The number of phenols is 1. The summed E-state index contributed by atoms with van der Waals surface area (Å²) >= 11 is 5.80. The van der Waals surface area contributed by atoms with Gasteiger partial charge in [0.25, 0.3) is 0 Å². The van der Waals surface area contributed by atoms with Crippen molar-refractivity contribution in [2.75, 3.05) is 13.2 Å². The number of esters is 1. The molecule has 24 heavy (non-hydrogen) atoms. The molecule has 0 amide bonds. The van der Waals surface area contributed by atoms with Crippen molar-refractivity contribution in [2.45, 2.75) is 19.6 Å². The molecule has 0 bridgehead atoms. The Bertz CT molecular complexity index is 639. The van der Waals surface area contributed by atoms with Gasteiger partial charge in [0.05, 0.1) is 13.2 Å². The first-order valence-electron chi connectivity index (χ1n) is 7.49. The fraction of sp³-hybridized carbons (Fsp3) is 0.278. The molecule has 2 aromatic rings. The van der Waals surface area contributed by atoms with Gasteiger partial charge in [0.1, 0.15) is 18.1 Å². The number of hydrogen-bond acceptors (Lipinski definition) is 5. The summed E-state index contributed by atoms with van der Waals surface area (Å²) in [6, 6.07) is 13.5. The molecule has 0 aliphatic carbocycles. The number of carbonyl (C=O) groups excluding carboxylic acids is 1. The van der Waals surface area contributed by atoms with E-state index in [4.69, 9.17) is 25.8 Å². The van der Waals surface area contributed by atoms with Crippen molar-refractivity contribution < 1.29 is 24.1 Å². The second kappa shape index (κ2) is 9.15. The highest BCUT2D eigenvalue weighted by Gasteiger charge is 2.16. The van der Waals surface area contributed by atoms with Crippen LogP contribution in [0.1, 0.15) is 12.5 Å². The molecule has 0 fully saturated rings. The fourth-order valence-corrected chi connectivity index (χ4v) is 1.99. The molecule has 1 atom stereocenters. The van der Waals surface area contributed by atoms with Crippen LogP contribution in [0, 0.1) is 0 Å². The maximum atomic E-state index is 11.8. The largest absolute Gasteiger partial charge is 0.508 e. The van der Waals surface area contributed by atoms with Crippen LogP contribution in [-0.2, 0) is 20.9 Å². The van der Waals surface area contributed by atoms with Gasteiger partial charge in [0, 0.05) is 5.02 Å². The lowest BCUT2D eigenvalue weighted by Gasteiger charge is -2.14. The number of benzene rings is 2. The topological polar surface area (TPSA) is 65.0 Å². The Kier molecular flexibility index (Phi) is 6.90. The summed E-state index contributed by atoms with van der Waals surface area (Å²) < 4.78 is 16.0. The van der Waals surface area contributed by atoms with Gasteiger partial charge < -0.3 is 19.3 Å². The molecule has 0 saturated carbocycles. The lowest BCUT2D eigenvalue weighted by molar-refractivity contribution is -0.152. The third-order valence-corrected chi connectivity index (χ3v) is 3.39. The number of hydrogen-bond donors (Lipinski definition) is 1. The second-order valence-electron chi connectivity index (χ2n) is 5.10. The molecule has 0 saturated heterocycles. The standard InChI is InChI=1S/C18H19ClO5/c1-13(24-17-8-6-16(20)7-9-17)18(21)23-11-10-22-12-14-2-4-15(19)5-3-14/h2-9,13,20H,10-12H2,1H3. The summed E-state index contributed by atoms with van der Waals surface area (Å²) in [5.74, 6) is 0.143. The molecule has 0 radical (unpaired) electrons. The van der Waals surface area contributed by atoms with Crippen LogP contribution in [-0.4, -0.2) is 30.4 Å². The number of halogens is 1. The summed E-state index contributed by atoms with van der Waals surface area (Å²) in [5, 5.41) is 9.87. The zero-order valence-electron chi connectivity index (χ0n) is 13.3. The van der Waals surface area contributed by atoms with Crippen molar-refractivity contribution in [3.05, 3.63) is 59.1 Å². The monoisotopic (exact) mass is 350 g/mol. The Morgan fingerprint density at radius 3 is 2.42 bits per heavy atom. The Balaban J connectivity index is 1.63. The molecular weight excluding hydrogens is 332 g/mol. The number of phenolic OH excluding ortho intramolecular Hbond substituents is 1. The van der Waals surface area contributed by atoms with Crippen LogP contribution in [0.3, 0.4) is 0 Å². The third kappa shape index (κ3) is 6.10. The van der Waals surface area contributed by atoms with E-state index in [1.165, 1.54) is 12.1 Å².